The third kappa shape index (κ3) is 4.42. The van der Waals surface area contributed by atoms with E-state index in [4.69, 9.17) is 22.0 Å². The third-order valence-electron chi connectivity index (χ3n) is 1.08. The first-order chi connectivity index (χ1) is 5.55. The van der Waals surface area contributed by atoms with Gasteiger partial charge in [-0.15, -0.1) is 0 Å². The van der Waals surface area contributed by atoms with Gasteiger partial charge in [-0.3, -0.25) is 40.7 Å². The summed E-state index contributed by atoms with van der Waals surface area (Å²) in [6.07, 6.45) is -0.964. The predicted octanol–water partition coefficient (Wildman–Crippen LogP) is -1.35. The van der Waals surface area contributed by atoms with Gasteiger partial charge in [-0.25, -0.2) is 0 Å². The molecule has 0 unspecified atom stereocenters. The molecule has 0 heterocycles. The van der Waals surface area contributed by atoms with Gasteiger partial charge in [0, 0.05) is 0 Å². The minimum Gasteiger partial charge on any atom is -0.288 e. The van der Waals surface area contributed by atoms with E-state index in [1.807, 2.05) is 0 Å². The largest absolute Gasteiger partial charge is 0.288 e. The Balaban J connectivity index is 4.52. The van der Waals surface area contributed by atoms with Crippen molar-refractivity contribution in [1.29, 1.82) is 0 Å². The fraction of sp³-hybridized carbons (Fsp3) is 0.333. The molecule has 8 N–H and O–H groups in total. The van der Waals surface area contributed by atoms with Crippen molar-refractivity contribution in [3.05, 3.63) is 0 Å². The SMILES string of the molecule is NP(N)(=O)C(=O)CC(=O)P(N)(N)=O. The van der Waals surface area contributed by atoms with Crippen molar-refractivity contribution in [2.75, 3.05) is 0 Å². The van der Waals surface area contributed by atoms with Crippen LogP contribution in [0.15, 0.2) is 0 Å². The maximum atomic E-state index is 10.8. The van der Waals surface area contributed by atoms with Gasteiger partial charge < -0.3 is 0 Å². The third-order valence-corrected chi connectivity index (χ3v) is 2.96. The number of carbonyl (C=O) groups excluding carboxylic acids is 2. The van der Waals surface area contributed by atoms with Gasteiger partial charge in [0.1, 0.15) is 0 Å². The van der Waals surface area contributed by atoms with E-state index in [1.165, 1.54) is 0 Å². The minimum absolute atomic E-state index is 0.964. The minimum atomic E-state index is -3.97. The van der Waals surface area contributed by atoms with E-state index < -0.39 is 32.4 Å². The van der Waals surface area contributed by atoms with Gasteiger partial charge >= 0.3 is 0 Å². The second-order valence-electron chi connectivity index (χ2n) is 2.38. The molecule has 76 valence electrons. The van der Waals surface area contributed by atoms with E-state index in [1.54, 1.807) is 0 Å². The maximum Gasteiger partial charge on any atom is 0.270 e. The molecule has 0 amide bonds. The van der Waals surface area contributed by atoms with Gasteiger partial charge in [-0.2, -0.15) is 0 Å². The topological polar surface area (TPSA) is 172 Å². The van der Waals surface area contributed by atoms with Crippen molar-refractivity contribution in [1.82, 2.24) is 0 Å². The highest BCUT2D eigenvalue weighted by molar-refractivity contribution is 7.79. The molecule has 0 aliphatic rings. The first kappa shape index (κ1) is 12.6. The van der Waals surface area contributed by atoms with Crippen LogP contribution in [0.25, 0.3) is 0 Å². The average Bonchev–Trinajstić information content (AvgIpc) is 1.82. The summed E-state index contributed by atoms with van der Waals surface area (Å²) in [6, 6.07) is 0. The molecule has 0 aromatic heterocycles. The summed E-state index contributed by atoms with van der Waals surface area (Å²) in [7, 11) is -7.94. The second kappa shape index (κ2) is 3.79. The Kier molecular flexibility index (Phi) is 3.69. The molecule has 0 fully saturated rings. The Morgan fingerprint density at radius 2 is 1.08 bits per heavy atom. The Morgan fingerprint density at radius 1 is 0.846 bits per heavy atom. The zero-order valence-corrected chi connectivity index (χ0v) is 8.33. The maximum absolute atomic E-state index is 10.8. The van der Waals surface area contributed by atoms with E-state index in [2.05, 4.69) is 0 Å². The molecule has 0 bridgehead atoms. The lowest BCUT2D eigenvalue weighted by atomic mass is 10.5. The quantitative estimate of drug-likeness (QED) is 0.337. The van der Waals surface area contributed by atoms with Crippen LogP contribution >= 0.6 is 14.9 Å². The lowest BCUT2D eigenvalue weighted by Crippen LogP contribution is -2.22. The van der Waals surface area contributed by atoms with Crippen LogP contribution in [0.1, 0.15) is 6.42 Å². The molecule has 0 saturated carbocycles. The van der Waals surface area contributed by atoms with E-state index in [-0.39, 0.29) is 0 Å². The standard InChI is InChI=1S/C3H10N4O4P2/c4-12(5,10)2(8)1-3(9)13(6,7)11/h1H2,(H4,4,5,10)(H4,6,7,11). The van der Waals surface area contributed by atoms with Crippen molar-refractivity contribution < 1.29 is 18.7 Å². The van der Waals surface area contributed by atoms with E-state index in [0.29, 0.717) is 0 Å². The summed E-state index contributed by atoms with van der Waals surface area (Å²) < 4.78 is 21.3. The van der Waals surface area contributed by atoms with Crippen molar-refractivity contribution in [3.8, 4) is 0 Å². The Labute approximate surface area is 74.0 Å². The normalized spacial score (nSPS) is 12.6. The molecule has 8 nitrogen and oxygen atoms in total. The zero-order chi connectivity index (χ0) is 10.9. The predicted molar refractivity (Wildman–Crippen MR) is 46.6 cm³/mol. The molecular formula is C3H10N4O4P2. The molecule has 0 aliphatic heterocycles. The van der Waals surface area contributed by atoms with Crippen LogP contribution in [-0.4, -0.2) is 11.0 Å². The van der Waals surface area contributed by atoms with Crippen LogP contribution in [-0.2, 0) is 18.7 Å². The first-order valence-corrected chi connectivity index (χ1v) is 6.65. The second-order valence-corrected chi connectivity index (χ2v) is 6.22. The monoisotopic (exact) mass is 228 g/mol. The van der Waals surface area contributed by atoms with Crippen molar-refractivity contribution >= 4 is 25.9 Å². The summed E-state index contributed by atoms with van der Waals surface area (Å²) in [5.74, 6) is 0. The molecular weight excluding hydrogens is 218 g/mol. The van der Waals surface area contributed by atoms with Crippen LogP contribution in [0, 0.1) is 0 Å². The van der Waals surface area contributed by atoms with Crippen LogP contribution in [0.4, 0.5) is 0 Å². The Morgan fingerprint density at radius 3 is 1.23 bits per heavy atom. The number of hydrogen-bond donors (Lipinski definition) is 4. The number of nitrogens with two attached hydrogens (primary N) is 4. The van der Waals surface area contributed by atoms with Gasteiger partial charge in [0.05, 0.1) is 6.42 Å². The van der Waals surface area contributed by atoms with Crippen molar-refractivity contribution in [2.24, 2.45) is 22.0 Å². The van der Waals surface area contributed by atoms with Crippen molar-refractivity contribution in [3.63, 3.8) is 0 Å². The average molecular weight is 228 g/mol. The first-order valence-electron chi connectivity index (χ1n) is 2.96. The fourth-order valence-corrected chi connectivity index (χ4v) is 1.28. The fourth-order valence-electron chi connectivity index (χ4n) is 0.376. The smallest absolute Gasteiger partial charge is 0.270 e. The van der Waals surface area contributed by atoms with Crippen molar-refractivity contribution in [2.45, 2.75) is 6.42 Å². The van der Waals surface area contributed by atoms with Gasteiger partial charge in [0.25, 0.3) is 14.9 Å². The zero-order valence-electron chi connectivity index (χ0n) is 6.54. The molecule has 10 heteroatoms. The lowest BCUT2D eigenvalue weighted by Gasteiger charge is -2.06. The van der Waals surface area contributed by atoms with Crippen LogP contribution < -0.4 is 22.0 Å². The highest BCUT2D eigenvalue weighted by Crippen LogP contribution is 2.34. The highest BCUT2D eigenvalue weighted by atomic mass is 31.2. The lowest BCUT2D eigenvalue weighted by molar-refractivity contribution is -0.119. The molecule has 0 radical (unpaired) electrons. The van der Waals surface area contributed by atoms with E-state index >= 15 is 0 Å². The van der Waals surface area contributed by atoms with E-state index in [9.17, 15) is 18.7 Å². The Bertz CT molecular complexity index is 294. The molecule has 0 aliphatic carbocycles. The molecule has 0 aromatic rings. The van der Waals surface area contributed by atoms with Crippen LogP contribution in [0.5, 0.6) is 0 Å². The molecule has 0 rings (SSSR count). The number of hydrogen-bond acceptors (Lipinski definition) is 4. The summed E-state index contributed by atoms with van der Waals surface area (Å²) in [5.41, 5.74) is 16.5. The molecule has 13 heavy (non-hydrogen) atoms. The van der Waals surface area contributed by atoms with Gasteiger partial charge in [-0.05, 0) is 0 Å². The molecule has 0 aromatic carbocycles. The highest BCUT2D eigenvalue weighted by Gasteiger charge is 2.30. The van der Waals surface area contributed by atoms with Gasteiger partial charge in [0.15, 0.2) is 0 Å². The van der Waals surface area contributed by atoms with Gasteiger partial charge in [-0.1, -0.05) is 0 Å². The molecule has 0 atom stereocenters. The molecule has 0 spiro atoms. The molecule has 0 saturated heterocycles. The summed E-state index contributed by atoms with van der Waals surface area (Å²) >= 11 is 0. The Hall–Kier alpha value is -0.360. The number of carbonyl (C=O) groups is 2. The van der Waals surface area contributed by atoms with E-state index in [0.717, 1.165) is 0 Å². The number of rotatable bonds is 4. The van der Waals surface area contributed by atoms with Crippen LogP contribution in [0.2, 0.25) is 0 Å². The van der Waals surface area contributed by atoms with Gasteiger partial charge in [0.2, 0.25) is 11.0 Å². The summed E-state index contributed by atoms with van der Waals surface area (Å²) in [5, 5.41) is 0. The summed E-state index contributed by atoms with van der Waals surface area (Å²) in [4.78, 5) is 21.5. The van der Waals surface area contributed by atoms with Crippen LogP contribution in [0.3, 0.4) is 0 Å². The summed E-state index contributed by atoms with van der Waals surface area (Å²) in [6.45, 7) is 0.